The van der Waals surface area contributed by atoms with Crippen LogP contribution in [-0.2, 0) is 32.1 Å². The first-order chi connectivity index (χ1) is 9.92. The van der Waals surface area contributed by atoms with E-state index in [1.807, 2.05) is 31.2 Å². The molecular formula is C13H19ClNO3PS2. The van der Waals surface area contributed by atoms with Gasteiger partial charge in [-0.15, -0.1) is 0 Å². The standard InChI is InChI=1S/C13H19ClNO3PS2/c1-10(8-11-4-6-12(14)7-5-11)15-13(9-16)21-19(20,17-2)18-3/h4-7,9-10,13,15H,8H2,1-3H3/t10-,13?/m0/s1. The second-order valence-corrected chi connectivity index (χ2v) is 11.4. The molecule has 1 aromatic carbocycles. The largest absolute Gasteiger partial charge is 0.325 e. The average molecular weight is 368 g/mol. The zero-order chi connectivity index (χ0) is 15.9. The smallest absolute Gasteiger partial charge is 0.248 e. The van der Waals surface area contributed by atoms with Crippen LogP contribution in [0.4, 0.5) is 0 Å². The Balaban J connectivity index is 2.58. The Morgan fingerprint density at radius 2 is 1.95 bits per heavy atom. The van der Waals surface area contributed by atoms with Gasteiger partial charge in [0.05, 0.1) is 0 Å². The Kier molecular flexibility index (Phi) is 8.42. The normalized spacial score (nSPS) is 14.7. The van der Waals surface area contributed by atoms with E-state index >= 15 is 0 Å². The van der Waals surface area contributed by atoms with Crippen LogP contribution in [0.25, 0.3) is 0 Å². The molecule has 0 aliphatic rings. The minimum Gasteiger partial charge on any atom is -0.325 e. The molecule has 8 heteroatoms. The highest BCUT2D eigenvalue weighted by molar-refractivity contribution is 8.68. The van der Waals surface area contributed by atoms with Crippen molar-refractivity contribution in [3.05, 3.63) is 34.9 Å². The van der Waals surface area contributed by atoms with E-state index in [1.54, 1.807) is 0 Å². The van der Waals surface area contributed by atoms with Crippen LogP contribution in [0.3, 0.4) is 0 Å². The molecule has 0 aliphatic heterocycles. The fraction of sp³-hybridized carbons (Fsp3) is 0.462. The van der Waals surface area contributed by atoms with Crippen LogP contribution in [0, 0.1) is 0 Å². The molecule has 1 aromatic rings. The van der Waals surface area contributed by atoms with Gasteiger partial charge in [0.1, 0.15) is 11.7 Å². The van der Waals surface area contributed by atoms with Crippen molar-refractivity contribution in [3.63, 3.8) is 0 Å². The van der Waals surface area contributed by atoms with E-state index in [1.165, 1.54) is 25.6 Å². The first kappa shape index (κ1) is 19.1. The molecule has 118 valence electrons. The summed E-state index contributed by atoms with van der Waals surface area (Å²) >= 11 is 12.3. The van der Waals surface area contributed by atoms with Gasteiger partial charge in [-0.1, -0.05) is 23.7 Å². The summed E-state index contributed by atoms with van der Waals surface area (Å²) in [6.45, 7) is 2.01. The van der Waals surface area contributed by atoms with Gasteiger partial charge in [0.2, 0.25) is 5.69 Å². The quantitative estimate of drug-likeness (QED) is 0.408. The third-order valence-electron chi connectivity index (χ3n) is 2.72. The molecule has 2 atom stereocenters. The molecule has 4 nitrogen and oxygen atoms in total. The minimum absolute atomic E-state index is 0.103. The van der Waals surface area contributed by atoms with E-state index in [0.29, 0.717) is 5.02 Å². The molecule has 1 rings (SSSR count). The number of nitrogens with one attached hydrogen (secondary N) is 1. The molecule has 0 fully saturated rings. The van der Waals surface area contributed by atoms with Crippen molar-refractivity contribution in [2.45, 2.75) is 24.8 Å². The molecule has 0 saturated carbocycles. The first-order valence-corrected chi connectivity index (χ1v) is 10.8. The maximum Gasteiger partial charge on any atom is 0.248 e. The average Bonchev–Trinajstić information content (AvgIpc) is 2.48. The van der Waals surface area contributed by atoms with Crippen molar-refractivity contribution >= 4 is 46.8 Å². The zero-order valence-electron chi connectivity index (χ0n) is 12.1. The second kappa shape index (κ2) is 9.26. The van der Waals surface area contributed by atoms with Gasteiger partial charge in [-0.2, -0.15) is 0 Å². The van der Waals surface area contributed by atoms with Crippen molar-refractivity contribution < 1.29 is 13.8 Å². The minimum atomic E-state index is -2.46. The molecule has 0 heterocycles. The molecule has 0 aromatic heterocycles. The highest BCUT2D eigenvalue weighted by Crippen LogP contribution is 2.60. The van der Waals surface area contributed by atoms with Gasteiger partial charge in [0.15, 0.2) is 0 Å². The lowest BCUT2D eigenvalue weighted by Crippen LogP contribution is -2.36. The van der Waals surface area contributed by atoms with Crippen molar-refractivity contribution in [1.82, 2.24) is 5.32 Å². The van der Waals surface area contributed by atoms with E-state index in [0.717, 1.165) is 18.3 Å². The summed E-state index contributed by atoms with van der Waals surface area (Å²) < 4.78 is 10.4. The molecule has 21 heavy (non-hydrogen) atoms. The highest BCUT2D eigenvalue weighted by atomic mass is 35.5. The summed E-state index contributed by atoms with van der Waals surface area (Å²) in [5.74, 6) is 0. The third kappa shape index (κ3) is 6.78. The van der Waals surface area contributed by atoms with Crippen LogP contribution < -0.4 is 5.32 Å². The van der Waals surface area contributed by atoms with Crippen LogP contribution in [0.5, 0.6) is 0 Å². The van der Waals surface area contributed by atoms with Crippen LogP contribution in [-0.4, -0.2) is 31.9 Å². The number of hydrogen-bond donors (Lipinski definition) is 1. The van der Waals surface area contributed by atoms with Crippen molar-refractivity contribution in [2.75, 3.05) is 14.2 Å². The number of hydrogen-bond acceptors (Lipinski definition) is 6. The molecule has 1 unspecified atom stereocenters. The Labute approximate surface area is 139 Å². The van der Waals surface area contributed by atoms with Crippen molar-refractivity contribution in [1.29, 1.82) is 0 Å². The molecule has 0 amide bonds. The first-order valence-electron chi connectivity index (χ1n) is 6.28. The topological polar surface area (TPSA) is 47.6 Å². The van der Waals surface area contributed by atoms with E-state index in [2.05, 4.69) is 5.32 Å². The van der Waals surface area contributed by atoms with Gasteiger partial charge in [-0.3, -0.25) is 5.32 Å². The van der Waals surface area contributed by atoms with Crippen LogP contribution >= 0.6 is 28.7 Å². The number of carbonyl (C=O) groups is 1. The molecule has 0 bridgehead atoms. The van der Waals surface area contributed by atoms with Gasteiger partial charge in [0, 0.05) is 25.3 Å². The van der Waals surface area contributed by atoms with Crippen LogP contribution in [0.1, 0.15) is 12.5 Å². The number of aldehydes is 1. The van der Waals surface area contributed by atoms with E-state index in [4.69, 9.17) is 32.5 Å². The van der Waals surface area contributed by atoms with Crippen molar-refractivity contribution in [2.24, 2.45) is 0 Å². The molecule has 0 spiro atoms. The Bertz CT molecular complexity index is 493. The summed E-state index contributed by atoms with van der Waals surface area (Å²) in [5, 5.41) is 3.47. The molecule has 1 N–H and O–H groups in total. The summed E-state index contributed by atoms with van der Waals surface area (Å²) in [4.78, 5) is 11.2. The lowest BCUT2D eigenvalue weighted by atomic mass is 10.1. The van der Waals surface area contributed by atoms with Crippen LogP contribution in [0.2, 0.25) is 5.02 Å². The fourth-order valence-corrected chi connectivity index (χ4v) is 5.29. The molecular weight excluding hydrogens is 349 g/mol. The number of halogens is 1. The predicted molar refractivity (Wildman–Crippen MR) is 93.5 cm³/mol. The lowest BCUT2D eigenvalue weighted by molar-refractivity contribution is -0.108. The van der Waals surface area contributed by atoms with Gasteiger partial charge in [0.25, 0.3) is 0 Å². The maximum atomic E-state index is 11.2. The third-order valence-corrected chi connectivity index (χ3v) is 8.62. The van der Waals surface area contributed by atoms with Crippen LogP contribution in [0.15, 0.2) is 24.3 Å². The summed E-state index contributed by atoms with van der Waals surface area (Å²) in [7, 11) is 2.99. The van der Waals surface area contributed by atoms with E-state index in [9.17, 15) is 4.79 Å². The molecule has 0 saturated heterocycles. The zero-order valence-corrected chi connectivity index (χ0v) is 15.4. The maximum absolute atomic E-state index is 11.2. The summed E-state index contributed by atoms with van der Waals surface area (Å²) in [6.07, 6.45) is 1.60. The van der Waals surface area contributed by atoms with E-state index in [-0.39, 0.29) is 6.04 Å². The molecule has 0 radical (unpaired) electrons. The summed E-state index contributed by atoms with van der Waals surface area (Å²) in [5.41, 5.74) is -1.31. The van der Waals surface area contributed by atoms with Crippen molar-refractivity contribution in [3.8, 4) is 0 Å². The number of carbonyl (C=O) groups excluding carboxylic acids is 1. The Morgan fingerprint density at radius 3 is 2.43 bits per heavy atom. The van der Waals surface area contributed by atoms with Gasteiger partial charge in [-0.25, -0.2) is 0 Å². The van der Waals surface area contributed by atoms with Gasteiger partial charge >= 0.3 is 0 Å². The number of rotatable bonds is 9. The lowest BCUT2D eigenvalue weighted by Gasteiger charge is -2.23. The molecule has 0 aliphatic carbocycles. The SMILES string of the molecule is COP(=S)(OC)SC(C=O)N[C@@H](C)Cc1ccc(Cl)cc1. The second-order valence-electron chi connectivity index (χ2n) is 4.37. The predicted octanol–water partition coefficient (Wildman–Crippen LogP) is 3.64. The summed E-state index contributed by atoms with van der Waals surface area (Å²) in [6, 6.07) is 7.75. The fourth-order valence-electron chi connectivity index (χ4n) is 1.71. The van der Waals surface area contributed by atoms with Gasteiger partial charge < -0.3 is 13.8 Å². The highest BCUT2D eigenvalue weighted by Gasteiger charge is 2.24. The number of benzene rings is 1. The Morgan fingerprint density at radius 1 is 1.38 bits per heavy atom. The van der Waals surface area contributed by atoms with E-state index < -0.39 is 11.1 Å². The monoisotopic (exact) mass is 367 g/mol. The van der Waals surface area contributed by atoms with Gasteiger partial charge in [-0.05, 0) is 54.2 Å². The Hall–Kier alpha value is 0.0600.